The molecule has 4 rings (SSSR count). The summed E-state index contributed by atoms with van der Waals surface area (Å²) in [5, 5.41) is 10.2. The fourth-order valence-corrected chi connectivity index (χ4v) is 4.20. The minimum atomic E-state index is -4.58. The van der Waals surface area contributed by atoms with E-state index in [1.54, 1.807) is 0 Å². The molecule has 3 aromatic rings. The Hall–Kier alpha value is -3.96. The number of imide groups is 1. The van der Waals surface area contributed by atoms with Gasteiger partial charge in [-0.3, -0.25) is 14.9 Å². The van der Waals surface area contributed by atoms with Crippen LogP contribution in [0.4, 0.5) is 13.2 Å². The summed E-state index contributed by atoms with van der Waals surface area (Å²) in [6.45, 7) is 0.196. The molecule has 0 bridgehead atoms. The van der Waals surface area contributed by atoms with Gasteiger partial charge in [0.15, 0.2) is 0 Å². The number of fused-ring (bicyclic) bond motifs is 1. The Kier molecular flexibility index (Phi) is 6.22. The monoisotopic (exact) mass is 501 g/mol. The molecule has 4 N–H and O–H groups in total. The highest BCUT2D eigenvalue weighted by molar-refractivity contribution is 7.89. The van der Waals surface area contributed by atoms with E-state index in [1.807, 2.05) is 0 Å². The number of sulfonamides is 1. The Bertz CT molecular complexity index is 1460. The molecule has 11 heteroatoms. The third-order valence-electron chi connectivity index (χ3n) is 5.37. The number of nitrogens with one attached hydrogen (secondary N) is 2. The quantitative estimate of drug-likeness (QED) is 0.366. The van der Waals surface area contributed by atoms with Crippen molar-refractivity contribution in [2.75, 3.05) is 0 Å². The van der Waals surface area contributed by atoms with Crippen molar-refractivity contribution in [3.05, 3.63) is 95.2 Å². The second kappa shape index (κ2) is 9.01. The van der Waals surface area contributed by atoms with Crippen LogP contribution in [0.2, 0.25) is 0 Å². The van der Waals surface area contributed by atoms with E-state index in [1.165, 1.54) is 66.9 Å². The molecule has 1 heterocycles. The smallest absolute Gasteiger partial charge is 0.386 e. The number of carbonyl (C=O) groups excluding carboxylic acids is 2. The van der Waals surface area contributed by atoms with Gasteiger partial charge in [-0.15, -0.1) is 0 Å². The van der Waals surface area contributed by atoms with E-state index < -0.39 is 33.6 Å². The molecular formula is C24H18F3N3O4S. The Morgan fingerprint density at radius 2 is 1.57 bits per heavy atom. The predicted octanol–water partition coefficient (Wildman–Crippen LogP) is 3.42. The first-order valence-corrected chi connectivity index (χ1v) is 11.7. The van der Waals surface area contributed by atoms with Gasteiger partial charge in [0.1, 0.15) is 0 Å². The van der Waals surface area contributed by atoms with E-state index in [0.29, 0.717) is 5.56 Å². The third-order valence-corrected chi connectivity index (χ3v) is 6.30. The SMILES string of the molecule is NS(=O)(=O)c1ccc(CN/C=C2\C(=O)NC(=O)c3ccc(-c4ccccc4C(F)(F)F)cc32)cc1. The maximum absolute atomic E-state index is 13.5. The molecule has 35 heavy (non-hydrogen) atoms. The van der Waals surface area contributed by atoms with E-state index in [0.717, 1.165) is 6.07 Å². The lowest BCUT2D eigenvalue weighted by molar-refractivity contribution is -0.137. The first-order valence-electron chi connectivity index (χ1n) is 10.2. The lowest BCUT2D eigenvalue weighted by Crippen LogP contribution is -2.37. The van der Waals surface area contributed by atoms with Crippen LogP contribution in [-0.2, 0) is 27.5 Å². The zero-order chi connectivity index (χ0) is 25.4. The minimum Gasteiger partial charge on any atom is -0.386 e. The number of rotatable bonds is 5. The minimum absolute atomic E-state index is 0.0506. The number of nitrogens with two attached hydrogens (primary N) is 1. The Labute approximate surface area is 198 Å². The van der Waals surface area contributed by atoms with Crippen molar-refractivity contribution in [1.82, 2.24) is 10.6 Å². The van der Waals surface area contributed by atoms with E-state index >= 15 is 0 Å². The molecule has 1 aliphatic rings. The van der Waals surface area contributed by atoms with Crippen molar-refractivity contribution in [2.45, 2.75) is 17.6 Å². The highest BCUT2D eigenvalue weighted by Crippen LogP contribution is 2.38. The standard InChI is InChI=1S/C24H18F3N3O4S/c25-24(26,27)21-4-2-1-3-17(21)15-7-10-18-19(11-15)20(23(32)30-22(18)31)13-29-12-14-5-8-16(9-6-14)35(28,33)34/h1-11,13,29H,12H2,(H2,28,33,34)(H,30,31,32)/b20-13-. The summed E-state index contributed by atoms with van der Waals surface area (Å²) >= 11 is 0. The summed E-state index contributed by atoms with van der Waals surface area (Å²) in [6, 6.07) is 14.9. The summed E-state index contributed by atoms with van der Waals surface area (Å²) in [4.78, 5) is 24.8. The van der Waals surface area contributed by atoms with Gasteiger partial charge in [-0.05, 0) is 47.0 Å². The maximum Gasteiger partial charge on any atom is 0.417 e. The Morgan fingerprint density at radius 1 is 0.886 bits per heavy atom. The van der Waals surface area contributed by atoms with Crippen LogP contribution in [0.1, 0.15) is 27.0 Å². The number of primary sulfonamides is 1. The highest BCUT2D eigenvalue weighted by Gasteiger charge is 2.34. The first-order chi connectivity index (χ1) is 16.4. The van der Waals surface area contributed by atoms with Crippen LogP contribution in [0.25, 0.3) is 16.7 Å². The number of benzene rings is 3. The van der Waals surface area contributed by atoms with Crippen LogP contribution in [0.5, 0.6) is 0 Å². The number of carbonyl (C=O) groups is 2. The van der Waals surface area contributed by atoms with Crippen LogP contribution in [0.3, 0.4) is 0 Å². The van der Waals surface area contributed by atoms with Crippen LogP contribution in [-0.4, -0.2) is 20.2 Å². The predicted molar refractivity (Wildman–Crippen MR) is 122 cm³/mol. The van der Waals surface area contributed by atoms with Gasteiger partial charge in [-0.1, -0.05) is 36.4 Å². The number of hydrogen-bond donors (Lipinski definition) is 3. The molecular weight excluding hydrogens is 483 g/mol. The van der Waals surface area contributed by atoms with E-state index in [9.17, 15) is 31.2 Å². The molecule has 0 saturated heterocycles. The summed E-state index contributed by atoms with van der Waals surface area (Å²) in [5.41, 5.74) is 0.348. The maximum atomic E-state index is 13.5. The topological polar surface area (TPSA) is 118 Å². The van der Waals surface area contributed by atoms with Gasteiger partial charge in [0.05, 0.1) is 16.0 Å². The third kappa shape index (κ3) is 5.10. The van der Waals surface area contributed by atoms with Crippen molar-refractivity contribution >= 4 is 27.4 Å². The summed E-state index contributed by atoms with van der Waals surface area (Å²) in [5.74, 6) is -1.36. The Balaban J connectivity index is 1.67. The number of alkyl halides is 3. The molecule has 7 nitrogen and oxygen atoms in total. The summed E-state index contributed by atoms with van der Waals surface area (Å²) in [6.07, 6.45) is -3.23. The highest BCUT2D eigenvalue weighted by atomic mass is 32.2. The molecule has 0 saturated carbocycles. The van der Waals surface area contributed by atoms with Crippen molar-refractivity contribution in [3.63, 3.8) is 0 Å². The number of amides is 2. The summed E-state index contributed by atoms with van der Waals surface area (Å²) in [7, 11) is -3.83. The fourth-order valence-electron chi connectivity index (χ4n) is 3.69. The molecule has 0 unspecified atom stereocenters. The van der Waals surface area contributed by atoms with Gasteiger partial charge in [-0.25, -0.2) is 13.6 Å². The summed E-state index contributed by atoms with van der Waals surface area (Å²) < 4.78 is 63.3. The zero-order valence-corrected chi connectivity index (χ0v) is 18.7. The molecule has 0 aliphatic carbocycles. The molecule has 3 aromatic carbocycles. The molecule has 0 spiro atoms. The first kappa shape index (κ1) is 24.2. The van der Waals surface area contributed by atoms with E-state index in [-0.39, 0.29) is 39.3 Å². The van der Waals surface area contributed by atoms with Crippen LogP contribution in [0, 0.1) is 0 Å². The molecule has 0 atom stereocenters. The van der Waals surface area contributed by atoms with Crippen molar-refractivity contribution in [2.24, 2.45) is 5.14 Å². The van der Waals surface area contributed by atoms with E-state index in [4.69, 9.17) is 5.14 Å². The second-order valence-electron chi connectivity index (χ2n) is 7.71. The van der Waals surface area contributed by atoms with E-state index in [2.05, 4.69) is 10.6 Å². The molecule has 2 amide bonds. The lowest BCUT2D eigenvalue weighted by atomic mass is 9.90. The van der Waals surface area contributed by atoms with Gasteiger partial charge < -0.3 is 5.32 Å². The number of halogens is 3. The van der Waals surface area contributed by atoms with Gasteiger partial charge in [0.2, 0.25) is 10.0 Å². The molecule has 1 aliphatic heterocycles. The van der Waals surface area contributed by atoms with Crippen LogP contribution >= 0.6 is 0 Å². The molecule has 0 aromatic heterocycles. The molecule has 0 fully saturated rings. The Morgan fingerprint density at radius 3 is 2.23 bits per heavy atom. The van der Waals surface area contributed by atoms with Gasteiger partial charge >= 0.3 is 6.18 Å². The largest absolute Gasteiger partial charge is 0.417 e. The average Bonchev–Trinajstić information content (AvgIpc) is 2.80. The molecule has 180 valence electrons. The average molecular weight is 501 g/mol. The fraction of sp³-hybridized carbons (Fsp3) is 0.0833. The van der Waals surface area contributed by atoms with Gasteiger partial charge in [0, 0.05) is 23.9 Å². The lowest BCUT2D eigenvalue weighted by Gasteiger charge is -2.20. The van der Waals surface area contributed by atoms with Crippen LogP contribution in [0.15, 0.2) is 77.8 Å². The normalized spacial score (nSPS) is 15.0. The van der Waals surface area contributed by atoms with Crippen molar-refractivity contribution in [3.8, 4) is 11.1 Å². The van der Waals surface area contributed by atoms with Crippen LogP contribution < -0.4 is 15.8 Å². The molecule has 0 radical (unpaired) electrons. The zero-order valence-electron chi connectivity index (χ0n) is 17.9. The van der Waals surface area contributed by atoms with Crippen molar-refractivity contribution < 1.29 is 31.2 Å². The number of hydrogen-bond acceptors (Lipinski definition) is 5. The van der Waals surface area contributed by atoms with Gasteiger partial charge in [0.25, 0.3) is 11.8 Å². The second-order valence-corrected chi connectivity index (χ2v) is 9.28. The van der Waals surface area contributed by atoms with Gasteiger partial charge in [-0.2, -0.15) is 13.2 Å². The van der Waals surface area contributed by atoms with Crippen molar-refractivity contribution in [1.29, 1.82) is 0 Å².